The molecule has 0 aromatic carbocycles. The van der Waals surface area contributed by atoms with Crippen LogP contribution in [0.1, 0.15) is 25.5 Å². The van der Waals surface area contributed by atoms with Gasteiger partial charge in [0.05, 0.1) is 0 Å². The van der Waals surface area contributed by atoms with Gasteiger partial charge in [0.15, 0.2) is 0 Å². The number of piperidine rings is 1. The van der Waals surface area contributed by atoms with Crippen molar-refractivity contribution in [3.05, 3.63) is 24.0 Å². The van der Waals surface area contributed by atoms with Crippen LogP contribution in [0.25, 0.3) is 0 Å². The molecule has 2 N–H and O–H groups in total. The maximum atomic E-state index is 12.6. The molecule has 0 spiro atoms. The van der Waals surface area contributed by atoms with Gasteiger partial charge in [-0.25, -0.2) is 13.4 Å². The molecule has 2 heterocycles. The average molecular weight is 294 g/mol. The van der Waals surface area contributed by atoms with E-state index < -0.39 is 10.0 Å². The largest absolute Gasteiger partial charge is 0.329 e. The highest BCUT2D eigenvalue weighted by Gasteiger charge is 2.36. The number of nitrogens with zero attached hydrogens (tertiary/aromatic N) is 3. The molecule has 1 fully saturated rings. The molecular formula is C13H18N4O2S. The number of hydrogen-bond acceptors (Lipinski definition) is 5. The molecule has 2 atom stereocenters. The van der Waals surface area contributed by atoms with Crippen molar-refractivity contribution >= 4 is 10.0 Å². The van der Waals surface area contributed by atoms with Crippen LogP contribution in [-0.4, -0.2) is 36.8 Å². The lowest BCUT2D eigenvalue weighted by Crippen LogP contribution is -2.51. The summed E-state index contributed by atoms with van der Waals surface area (Å²) in [4.78, 5) is 3.94. The van der Waals surface area contributed by atoms with Gasteiger partial charge in [-0.15, -0.1) is 0 Å². The van der Waals surface area contributed by atoms with Crippen molar-refractivity contribution in [2.24, 2.45) is 11.7 Å². The maximum Gasteiger partial charge on any atom is 0.244 e. The molecule has 0 aliphatic carbocycles. The molecular weight excluding hydrogens is 276 g/mol. The molecule has 0 bridgehead atoms. The van der Waals surface area contributed by atoms with Gasteiger partial charge in [0.1, 0.15) is 16.7 Å². The zero-order valence-corrected chi connectivity index (χ0v) is 12.2. The molecule has 1 aliphatic heterocycles. The average Bonchev–Trinajstić information content (AvgIpc) is 2.47. The normalized spacial score (nSPS) is 24.2. The van der Waals surface area contributed by atoms with Gasteiger partial charge in [0.2, 0.25) is 10.0 Å². The lowest BCUT2D eigenvalue weighted by atomic mass is 9.93. The van der Waals surface area contributed by atoms with Crippen LogP contribution >= 0.6 is 0 Å². The number of rotatable bonds is 3. The number of nitriles is 1. The molecule has 1 saturated heterocycles. The molecule has 0 amide bonds. The van der Waals surface area contributed by atoms with Crippen LogP contribution in [0.3, 0.4) is 0 Å². The van der Waals surface area contributed by atoms with Crippen LogP contribution in [0.5, 0.6) is 0 Å². The first kappa shape index (κ1) is 14.9. The minimum absolute atomic E-state index is 0.115. The topological polar surface area (TPSA) is 100 Å². The number of pyridine rings is 1. The molecule has 108 valence electrons. The Hall–Kier alpha value is -1.49. The minimum Gasteiger partial charge on any atom is -0.329 e. The predicted octanol–water partition coefficient (Wildman–Crippen LogP) is 0.701. The van der Waals surface area contributed by atoms with Crippen molar-refractivity contribution in [1.82, 2.24) is 9.29 Å². The van der Waals surface area contributed by atoms with Crippen molar-refractivity contribution in [2.75, 3.05) is 13.1 Å². The van der Waals surface area contributed by atoms with Gasteiger partial charge in [-0.05, 0) is 30.9 Å². The molecule has 2 rings (SSSR count). The highest BCUT2D eigenvalue weighted by Crippen LogP contribution is 2.28. The van der Waals surface area contributed by atoms with Crippen LogP contribution in [-0.2, 0) is 10.0 Å². The Morgan fingerprint density at radius 3 is 2.85 bits per heavy atom. The molecule has 2 unspecified atom stereocenters. The lowest BCUT2D eigenvalue weighted by Gasteiger charge is -2.38. The number of sulfonamides is 1. The van der Waals surface area contributed by atoms with Gasteiger partial charge in [0.25, 0.3) is 0 Å². The van der Waals surface area contributed by atoms with E-state index in [4.69, 9.17) is 11.0 Å². The molecule has 1 aromatic rings. The Morgan fingerprint density at radius 1 is 1.55 bits per heavy atom. The van der Waals surface area contributed by atoms with Crippen molar-refractivity contribution in [2.45, 2.75) is 30.7 Å². The van der Waals surface area contributed by atoms with E-state index >= 15 is 0 Å². The quantitative estimate of drug-likeness (QED) is 0.884. The van der Waals surface area contributed by atoms with E-state index in [9.17, 15) is 8.42 Å². The zero-order chi connectivity index (χ0) is 14.8. The Morgan fingerprint density at radius 2 is 2.30 bits per heavy atom. The third-order valence-electron chi connectivity index (χ3n) is 3.76. The fourth-order valence-electron chi connectivity index (χ4n) is 2.59. The number of hydrogen-bond donors (Lipinski definition) is 1. The SMILES string of the molecule is CC1CCCN(S(=O)(=O)c2ccc(C#N)nc2)C1CN. The minimum atomic E-state index is -3.60. The summed E-state index contributed by atoms with van der Waals surface area (Å²) in [5.41, 5.74) is 5.94. The molecule has 6 nitrogen and oxygen atoms in total. The standard InChI is InChI=1S/C13H18N4O2S/c1-10-3-2-6-17(13(10)8-15)20(18,19)12-5-4-11(7-14)16-9-12/h4-5,9-10,13H,2-3,6,8,15H2,1H3. The van der Waals surface area contributed by atoms with E-state index in [2.05, 4.69) is 4.98 Å². The van der Waals surface area contributed by atoms with Crippen molar-refractivity contribution < 1.29 is 8.42 Å². The maximum absolute atomic E-state index is 12.6. The van der Waals surface area contributed by atoms with E-state index in [-0.39, 0.29) is 22.5 Å². The molecule has 1 aromatic heterocycles. The van der Waals surface area contributed by atoms with Gasteiger partial charge < -0.3 is 5.73 Å². The van der Waals surface area contributed by atoms with Crippen LogP contribution in [0.15, 0.2) is 23.2 Å². The van der Waals surface area contributed by atoms with Gasteiger partial charge in [0, 0.05) is 25.3 Å². The van der Waals surface area contributed by atoms with Gasteiger partial charge in [-0.3, -0.25) is 0 Å². The Bertz CT molecular complexity index is 606. The predicted molar refractivity (Wildman–Crippen MR) is 74.1 cm³/mol. The second kappa shape index (κ2) is 5.87. The third-order valence-corrected chi connectivity index (χ3v) is 5.67. The van der Waals surface area contributed by atoms with E-state index in [0.717, 1.165) is 12.8 Å². The Balaban J connectivity index is 2.35. The van der Waals surface area contributed by atoms with E-state index in [0.29, 0.717) is 13.1 Å². The molecule has 0 radical (unpaired) electrons. The smallest absolute Gasteiger partial charge is 0.244 e. The summed E-state index contributed by atoms with van der Waals surface area (Å²) in [6.45, 7) is 2.81. The van der Waals surface area contributed by atoms with Gasteiger partial charge in [-0.1, -0.05) is 6.92 Å². The van der Waals surface area contributed by atoms with E-state index in [1.807, 2.05) is 13.0 Å². The monoisotopic (exact) mass is 294 g/mol. The Kier molecular flexibility index (Phi) is 4.38. The summed E-state index contributed by atoms with van der Waals surface area (Å²) < 4.78 is 26.8. The molecule has 1 aliphatic rings. The van der Waals surface area contributed by atoms with Gasteiger partial charge in [-0.2, -0.15) is 9.57 Å². The first-order chi connectivity index (χ1) is 9.50. The zero-order valence-electron chi connectivity index (χ0n) is 11.4. The highest BCUT2D eigenvalue weighted by atomic mass is 32.2. The van der Waals surface area contributed by atoms with Crippen molar-refractivity contribution in [1.29, 1.82) is 5.26 Å². The van der Waals surface area contributed by atoms with Crippen LogP contribution < -0.4 is 5.73 Å². The summed E-state index contributed by atoms with van der Waals surface area (Å²) in [7, 11) is -3.60. The summed E-state index contributed by atoms with van der Waals surface area (Å²) >= 11 is 0. The molecule has 20 heavy (non-hydrogen) atoms. The third kappa shape index (κ3) is 2.68. The number of aromatic nitrogens is 1. The molecule has 7 heteroatoms. The van der Waals surface area contributed by atoms with E-state index in [1.54, 1.807) is 0 Å². The summed E-state index contributed by atoms with van der Waals surface area (Å²) in [5, 5.41) is 8.71. The van der Waals surface area contributed by atoms with Crippen molar-refractivity contribution in [3.8, 4) is 6.07 Å². The second-order valence-electron chi connectivity index (χ2n) is 5.03. The van der Waals surface area contributed by atoms with Crippen LogP contribution in [0.2, 0.25) is 0 Å². The first-order valence-corrected chi connectivity index (χ1v) is 8.02. The lowest BCUT2D eigenvalue weighted by molar-refractivity contribution is 0.192. The molecule has 0 saturated carbocycles. The van der Waals surface area contributed by atoms with Crippen molar-refractivity contribution in [3.63, 3.8) is 0 Å². The number of nitrogens with two attached hydrogens (primary N) is 1. The highest BCUT2D eigenvalue weighted by molar-refractivity contribution is 7.89. The van der Waals surface area contributed by atoms with Crippen LogP contribution in [0, 0.1) is 17.2 Å². The first-order valence-electron chi connectivity index (χ1n) is 6.58. The summed E-state index contributed by atoms with van der Waals surface area (Å²) in [6.07, 6.45) is 3.06. The Labute approximate surface area is 119 Å². The van der Waals surface area contributed by atoms with Crippen LogP contribution in [0.4, 0.5) is 0 Å². The summed E-state index contributed by atoms with van der Waals surface area (Å²) in [5.74, 6) is 0.245. The van der Waals surface area contributed by atoms with E-state index in [1.165, 1.54) is 22.6 Å². The van der Waals surface area contributed by atoms with Gasteiger partial charge >= 0.3 is 0 Å². The fourth-order valence-corrected chi connectivity index (χ4v) is 4.31. The summed E-state index contributed by atoms with van der Waals surface area (Å²) in [6, 6.07) is 4.53. The fraction of sp³-hybridized carbons (Fsp3) is 0.538. The second-order valence-corrected chi connectivity index (χ2v) is 6.92.